The van der Waals surface area contributed by atoms with E-state index >= 15 is 0 Å². The first-order valence-corrected chi connectivity index (χ1v) is 9.45. The van der Waals surface area contributed by atoms with Gasteiger partial charge in [-0.15, -0.1) is 0 Å². The minimum Gasteiger partial charge on any atom is -0.314 e. The summed E-state index contributed by atoms with van der Waals surface area (Å²) >= 11 is 6.20. The predicted molar refractivity (Wildman–Crippen MR) is 84.7 cm³/mol. The van der Waals surface area contributed by atoms with Gasteiger partial charge in [-0.05, 0) is 37.0 Å². The number of nitrogens with zero attached hydrogens (tertiary/aromatic N) is 1. The Morgan fingerprint density at radius 2 is 1.95 bits per heavy atom. The molecule has 1 aromatic carbocycles. The quantitative estimate of drug-likeness (QED) is 0.894. The predicted octanol–water partition coefficient (Wildman–Crippen LogP) is 1.72. The third-order valence-electron chi connectivity index (χ3n) is 4.19. The van der Waals surface area contributed by atoms with Gasteiger partial charge in [-0.2, -0.15) is 0 Å². The fourth-order valence-electron chi connectivity index (χ4n) is 2.71. The molecule has 0 amide bonds. The summed E-state index contributed by atoms with van der Waals surface area (Å²) in [5.74, 6) is 0. The van der Waals surface area contributed by atoms with Crippen LogP contribution in [0.15, 0.2) is 23.1 Å². The number of piperazine rings is 1. The number of nitrogens with one attached hydrogen (secondary N) is 1. The van der Waals surface area contributed by atoms with Gasteiger partial charge in [0.1, 0.15) is 0 Å². The van der Waals surface area contributed by atoms with Gasteiger partial charge in [0.05, 0.1) is 15.2 Å². The average Bonchev–Trinajstić information content (AvgIpc) is 3.31. The first-order chi connectivity index (χ1) is 10.1. The van der Waals surface area contributed by atoms with Gasteiger partial charge >= 0.3 is 0 Å². The van der Waals surface area contributed by atoms with Crippen molar-refractivity contribution in [3.05, 3.63) is 28.8 Å². The Morgan fingerprint density at radius 3 is 2.57 bits per heavy atom. The standard InChI is InChI=1S/C15H21ClN2O2S/c16-14-11-12(5-8-18-9-6-17-7-10-18)1-4-15(14)21(19,20)13-2-3-13/h1,4,11,13,17H,2-3,5-10H2. The van der Waals surface area contributed by atoms with Gasteiger partial charge < -0.3 is 10.2 Å². The Labute approximate surface area is 131 Å². The van der Waals surface area contributed by atoms with E-state index in [1.165, 1.54) is 0 Å². The summed E-state index contributed by atoms with van der Waals surface area (Å²) in [6, 6.07) is 5.41. The van der Waals surface area contributed by atoms with Crippen LogP contribution in [0.25, 0.3) is 0 Å². The molecule has 0 unspecified atom stereocenters. The van der Waals surface area contributed by atoms with E-state index in [0.29, 0.717) is 9.92 Å². The zero-order valence-electron chi connectivity index (χ0n) is 12.0. The number of benzene rings is 1. The first-order valence-electron chi connectivity index (χ1n) is 7.53. The summed E-state index contributed by atoms with van der Waals surface area (Å²) in [7, 11) is -3.20. The lowest BCUT2D eigenvalue weighted by atomic mass is 10.1. The molecule has 1 aromatic rings. The third kappa shape index (κ3) is 3.59. The number of hydrogen-bond donors (Lipinski definition) is 1. The van der Waals surface area contributed by atoms with Crippen molar-refractivity contribution in [2.24, 2.45) is 0 Å². The Bertz CT molecular complexity index is 608. The van der Waals surface area contributed by atoms with Crippen molar-refractivity contribution >= 4 is 21.4 Å². The summed E-state index contributed by atoms with van der Waals surface area (Å²) in [5.41, 5.74) is 1.10. The monoisotopic (exact) mass is 328 g/mol. The molecule has 0 spiro atoms. The Balaban J connectivity index is 1.66. The van der Waals surface area contributed by atoms with E-state index in [-0.39, 0.29) is 5.25 Å². The van der Waals surface area contributed by atoms with Crippen LogP contribution in [0.5, 0.6) is 0 Å². The molecule has 3 rings (SSSR count). The van der Waals surface area contributed by atoms with Crippen LogP contribution in [0, 0.1) is 0 Å². The van der Waals surface area contributed by atoms with Crippen LogP contribution in [0.2, 0.25) is 5.02 Å². The maximum absolute atomic E-state index is 12.2. The highest BCUT2D eigenvalue weighted by Crippen LogP contribution is 2.36. The van der Waals surface area contributed by atoms with Crippen molar-refractivity contribution in [1.82, 2.24) is 10.2 Å². The molecule has 6 heteroatoms. The van der Waals surface area contributed by atoms with Gasteiger partial charge in [-0.1, -0.05) is 17.7 Å². The van der Waals surface area contributed by atoms with Crippen LogP contribution in [0.4, 0.5) is 0 Å². The highest BCUT2D eigenvalue weighted by Gasteiger charge is 2.37. The van der Waals surface area contributed by atoms with E-state index in [0.717, 1.165) is 57.5 Å². The van der Waals surface area contributed by atoms with Gasteiger partial charge in [0.25, 0.3) is 0 Å². The molecule has 1 aliphatic carbocycles. The second-order valence-corrected chi connectivity index (χ2v) is 8.45. The van der Waals surface area contributed by atoms with E-state index in [1.807, 2.05) is 12.1 Å². The Morgan fingerprint density at radius 1 is 1.24 bits per heavy atom. The highest BCUT2D eigenvalue weighted by molar-refractivity contribution is 7.92. The number of halogens is 1. The van der Waals surface area contributed by atoms with Crippen LogP contribution < -0.4 is 5.32 Å². The van der Waals surface area contributed by atoms with E-state index in [4.69, 9.17) is 11.6 Å². The molecule has 4 nitrogen and oxygen atoms in total. The number of rotatable bonds is 5. The zero-order chi connectivity index (χ0) is 14.9. The first kappa shape index (κ1) is 15.3. The minimum atomic E-state index is -3.20. The van der Waals surface area contributed by atoms with E-state index in [2.05, 4.69) is 10.2 Å². The van der Waals surface area contributed by atoms with Gasteiger partial charge in [-0.25, -0.2) is 8.42 Å². The normalized spacial score (nSPS) is 20.6. The molecule has 1 N–H and O–H groups in total. The molecule has 0 atom stereocenters. The summed E-state index contributed by atoms with van der Waals surface area (Å²) in [5, 5.41) is 3.50. The SMILES string of the molecule is O=S(=O)(c1ccc(CCN2CCNCC2)cc1Cl)C1CC1. The van der Waals surface area contributed by atoms with E-state index in [1.54, 1.807) is 6.07 Å². The van der Waals surface area contributed by atoms with Crippen molar-refractivity contribution in [1.29, 1.82) is 0 Å². The minimum absolute atomic E-state index is 0.207. The van der Waals surface area contributed by atoms with Gasteiger partial charge in [0, 0.05) is 32.7 Å². The fraction of sp³-hybridized carbons (Fsp3) is 0.600. The maximum Gasteiger partial charge on any atom is 0.182 e. The van der Waals surface area contributed by atoms with Crippen molar-refractivity contribution < 1.29 is 8.42 Å². The molecule has 2 fully saturated rings. The third-order valence-corrected chi connectivity index (χ3v) is 6.94. The van der Waals surface area contributed by atoms with Crippen LogP contribution >= 0.6 is 11.6 Å². The maximum atomic E-state index is 12.2. The van der Waals surface area contributed by atoms with Gasteiger partial charge in [0.2, 0.25) is 0 Å². The lowest BCUT2D eigenvalue weighted by molar-refractivity contribution is 0.244. The summed E-state index contributed by atoms with van der Waals surface area (Å²) < 4.78 is 24.5. The Hall–Kier alpha value is -0.620. The molecule has 1 heterocycles. The Kier molecular flexibility index (Phi) is 4.54. The lowest BCUT2D eigenvalue weighted by Crippen LogP contribution is -2.44. The second-order valence-electron chi connectivity index (χ2n) is 5.85. The average molecular weight is 329 g/mol. The molecule has 116 valence electrons. The zero-order valence-corrected chi connectivity index (χ0v) is 13.6. The lowest BCUT2D eigenvalue weighted by Gasteiger charge is -2.27. The highest BCUT2D eigenvalue weighted by atomic mass is 35.5. The molecule has 0 bridgehead atoms. The second kappa shape index (κ2) is 6.24. The number of hydrogen-bond acceptors (Lipinski definition) is 4. The van der Waals surface area contributed by atoms with Gasteiger partial charge in [-0.3, -0.25) is 0 Å². The van der Waals surface area contributed by atoms with Crippen LogP contribution in [0.3, 0.4) is 0 Å². The van der Waals surface area contributed by atoms with Crippen LogP contribution in [-0.2, 0) is 16.3 Å². The topological polar surface area (TPSA) is 49.4 Å². The molecular weight excluding hydrogens is 308 g/mol. The van der Waals surface area contributed by atoms with E-state index < -0.39 is 9.84 Å². The molecule has 21 heavy (non-hydrogen) atoms. The summed E-state index contributed by atoms with van der Waals surface area (Å²) in [6.45, 7) is 5.22. The van der Waals surface area contributed by atoms with Crippen LogP contribution in [-0.4, -0.2) is 51.3 Å². The summed E-state index contributed by atoms with van der Waals surface area (Å²) in [6.07, 6.45) is 2.44. The summed E-state index contributed by atoms with van der Waals surface area (Å²) in [4.78, 5) is 2.72. The molecule has 2 aliphatic rings. The van der Waals surface area contributed by atoms with Crippen LogP contribution in [0.1, 0.15) is 18.4 Å². The number of sulfone groups is 1. The molecule has 1 saturated carbocycles. The van der Waals surface area contributed by atoms with Gasteiger partial charge in [0.15, 0.2) is 9.84 Å². The fourth-order valence-corrected chi connectivity index (χ4v) is 4.94. The van der Waals surface area contributed by atoms with Crippen molar-refractivity contribution in [3.8, 4) is 0 Å². The molecule has 0 radical (unpaired) electrons. The van der Waals surface area contributed by atoms with E-state index in [9.17, 15) is 8.42 Å². The molecule has 0 aromatic heterocycles. The van der Waals surface area contributed by atoms with Crippen molar-refractivity contribution in [2.75, 3.05) is 32.7 Å². The largest absolute Gasteiger partial charge is 0.314 e. The van der Waals surface area contributed by atoms with Crippen molar-refractivity contribution in [3.63, 3.8) is 0 Å². The van der Waals surface area contributed by atoms with Crippen molar-refractivity contribution in [2.45, 2.75) is 29.4 Å². The molecule has 1 aliphatic heterocycles. The smallest absolute Gasteiger partial charge is 0.182 e. The molecule has 1 saturated heterocycles. The molecular formula is C15H21ClN2O2S.